The number of hydrazone groups is 1. The van der Waals surface area contributed by atoms with Gasteiger partial charge in [-0.1, -0.05) is 40.0 Å². The third-order valence-electron chi connectivity index (χ3n) is 3.86. The summed E-state index contributed by atoms with van der Waals surface area (Å²) in [6.45, 7) is 1.79. The topological polar surface area (TPSA) is 59.0 Å². The Morgan fingerprint density at radius 3 is 2.74 bits per heavy atom. The molecule has 0 unspecified atom stereocenters. The zero-order valence-corrected chi connectivity index (χ0v) is 16.1. The predicted molar refractivity (Wildman–Crippen MR) is 107 cm³/mol. The summed E-state index contributed by atoms with van der Waals surface area (Å²) in [4.78, 5) is 25.4. The smallest absolute Gasteiger partial charge is 0.283 e. The summed E-state index contributed by atoms with van der Waals surface area (Å²) < 4.78 is 6.35. The van der Waals surface area contributed by atoms with Gasteiger partial charge in [0.2, 0.25) is 0 Å². The molecule has 27 heavy (non-hydrogen) atoms. The van der Waals surface area contributed by atoms with Crippen LogP contribution < -0.4 is 4.74 Å². The minimum Gasteiger partial charge on any atom is -0.480 e. The van der Waals surface area contributed by atoms with Gasteiger partial charge >= 0.3 is 0 Å². The Morgan fingerprint density at radius 2 is 2.04 bits per heavy atom. The van der Waals surface area contributed by atoms with Gasteiger partial charge in [-0.05, 0) is 43.3 Å². The predicted octanol–water partition coefficient (Wildman–Crippen LogP) is 3.90. The molecule has 2 aromatic carbocycles. The zero-order chi connectivity index (χ0) is 19.4. The lowest BCUT2D eigenvalue weighted by Gasteiger charge is -2.10. The Bertz CT molecular complexity index is 1000. The average molecular weight is 423 g/mol. The molecule has 0 bridgehead atoms. The first-order valence-electron chi connectivity index (χ1n) is 8.08. The third-order valence-corrected chi connectivity index (χ3v) is 4.35. The number of rotatable bonds is 4. The van der Waals surface area contributed by atoms with Crippen molar-refractivity contribution in [3.05, 3.63) is 69.7 Å². The number of halogens is 1. The second-order valence-corrected chi connectivity index (χ2v) is 6.62. The minimum absolute atomic E-state index is 0.109. The van der Waals surface area contributed by atoms with Crippen LogP contribution in [0.5, 0.6) is 5.75 Å². The zero-order valence-electron chi connectivity index (χ0n) is 14.5. The van der Waals surface area contributed by atoms with Crippen molar-refractivity contribution in [1.29, 1.82) is 0 Å². The van der Waals surface area contributed by atoms with Gasteiger partial charge in [0.1, 0.15) is 12.4 Å². The number of ether oxygens (including phenoxy) is 1. The standard InChI is InChI=1S/C21H15BrN2O3/c1-3-11-27-19-10-9-17(22)12-16(19)13-18-14(2)23-24(21(18)26)20(25)15-7-5-4-6-8-15/h1,4-10,12-13H,11H2,2H3/b18-13+. The number of carbonyl (C=O) groups is 2. The molecule has 2 aromatic rings. The molecule has 0 aliphatic carbocycles. The Morgan fingerprint density at radius 1 is 1.30 bits per heavy atom. The number of nitrogens with zero attached hydrogens (tertiary/aromatic N) is 2. The quantitative estimate of drug-likeness (QED) is 0.426. The fourth-order valence-corrected chi connectivity index (χ4v) is 2.94. The largest absolute Gasteiger partial charge is 0.480 e. The summed E-state index contributed by atoms with van der Waals surface area (Å²) in [7, 11) is 0. The summed E-state index contributed by atoms with van der Waals surface area (Å²) in [5.41, 5.74) is 1.82. The first-order valence-corrected chi connectivity index (χ1v) is 8.87. The van der Waals surface area contributed by atoms with Crippen LogP contribution in [0.3, 0.4) is 0 Å². The van der Waals surface area contributed by atoms with Crippen molar-refractivity contribution in [2.24, 2.45) is 5.10 Å². The molecule has 3 rings (SSSR count). The van der Waals surface area contributed by atoms with Crippen LogP contribution >= 0.6 is 15.9 Å². The molecule has 2 amide bonds. The van der Waals surface area contributed by atoms with E-state index in [0.717, 1.165) is 9.48 Å². The first-order chi connectivity index (χ1) is 13.0. The molecule has 5 nitrogen and oxygen atoms in total. The van der Waals surface area contributed by atoms with E-state index in [2.05, 4.69) is 27.0 Å². The highest BCUT2D eigenvalue weighted by Crippen LogP contribution is 2.28. The SMILES string of the molecule is C#CCOc1ccc(Br)cc1/C=C1/C(=O)N(C(=O)c2ccccc2)N=C1C. The lowest BCUT2D eigenvalue weighted by atomic mass is 10.1. The summed E-state index contributed by atoms with van der Waals surface area (Å²) in [5, 5.41) is 5.02. The third kappa shape index (κ3) is 3.99. The lowest BCUT2D eigenvalue weighted by molar-refractivity contribution is -0.123. The van der Waals surface area contributed by atoms with Crippen LogP contribution in [0, 0.1) is 12.3 Å². The lowest BCUT2D eigenvalue weighted by Crippen LogP contribution is -2.29. The molecular weight excluding hydrogens is 408 g/mol. The summed E-state index contributed by atoms with van der Waals surface area (Å²) >= 11 is 3.40. The normalized spacial score (nSPS) is 14.9. The Kier molecular flexibility index (Phi) is 5.53. The van der Waals surface area contributed by atoms with E-state index in [9.17, 15) is 9.59 Å². The van der Waals surface area contributed by atoms with E-state index in [0.29, 0.717) is 28.2 Å². The second-order valence-electron chi connectivity index (χ2n) is 5.71. The number of carbonyl (C=O) groups excluding carboxylic acids is 2. The molecule has 1 heterocycles. The summed E-state index contributed by atoms with van der Waals surface area (Å²) in [5.74, 6) is 2.00. The highest BCUT2D eigenvalue weighted by molar-refractivity contribution is 9.10. The number of hydrogen-bond acceptors (Lipinski definition) is 4. The molecule has 0 fully saturated rings. The van der Waals surface area contributed by atoms with Crippen LogP contribution in [0.15, 0.2) is 63.7 Å². The second kappa shape index (κ2) is 8.02. The Balaban J connectivity index is 1.94. The van der Waals surface area contributed by atoms with E-state index in [1.165, 1.54) is 0 Å². The number of terminal acetylenes is 1. The number of imide groups is 1. The van der Waals surface area contributed by atoms with Crippen molar-refractivity contribution < 1.29 is 14.3 Å². The highest BCUT2D eigenvalue weighted by Gasteiger charge is 2.33. The number of benzene rings is 2. The van der Waals surface area contributed by atoms with Crippen LogP contribution in [0.25, 0.3) is 6.08 Å². The number of hydrogen-bond donors (Lipinski definition) is 0. The van der Waals surface area contributed by atoms with Crippen LogP contribution in [-0.4, -0.2) is 29.1 Å². The van der Waals surface area contributed by atoms with E-state index < -0.39 is 11.8 Å². The average Bonchev–Trinajstić information content (AvgIpc) is 2.96. The maximum Gasteiger partial charge on any atom is 0.283 e. The maximum absolute atomic E-state index is 12.8. The molecule has 0 aromatic heterocycles. The van der Waals surface area contributed by atoms with Crippen LogP contribution in [0.4, 0.5) is 0 Å². The molecule has 0 N–H and O–H groups in total. The molecule has 6 heteroatoms. The maximum atomic E-state index is 12.8. The van der Waals surface area contributed by atoms with Crippen molar-refractivity contribution in [2.75, 3.05) is 6.61 Å². The summed E-state index contributed by atoms with van der Waals surface area (Å²) in [6.07, 6.45) is 6.90. The van der Waals surface area contributed by atoms with Gasteiger partial charge in [0.25, 0.3) is 11.8 Å². The van der Waals surface area contributed by atoms with E-state index in [-0.39, 0.29) is 6.61 Å². The van der Waals surface area contributed by atoms with Crippen molar-refractivity contribution >= 4 is 39.5 Å². The molecule has 134 valence electrons. The Labute approximate surface area is 165 Å². The molecule has 0 spiro atoms. The molecule has 0 saturated carbocycles. The molecule has 0 saturated heterocycles. The molecule has 1 aliphatic rings. The molecule has 0 atom stereocenters. The van der Waals surface area contributed by atoms with Crippen LogP contribution in [0.1, 0.15) is 22.8 Å². The van der Waals surface area contributed by atoms with E-state index in [1.807, 2.05) is 6.07 Å². The highest BCUT2D eigenvalue weighted by atomic mass is 79.9. The monoisotopic (exact) mass is 422 g/mol. The van der Waals surface area contributed by atoms with Gasteiger partial charge in [-0.2, -0.15) is 10.1 Å². The van der Waals surface area contributed by atoms with E-state index >= 15 is 0 Å². The molecule has 0 radical (unpaired) electrons. The van der Waals surface area contributed by atoms with Crippen LogP contribution in [0.2, 0.25) is 0 Å². The van der Waals surface area contributed by atoms with Crippen molar-refractivity contribution in [1.82, 2.24) is 5.01 Å². The summed E-state index contributed by atoms with van der Waals surface area (Å²) in [6, 6.07) is 13.9. The Hall–Kier alpha value is -3.17. The minimum atomic E-state index is -0.482. The van der Waals surface area contributed by atoms with Gasteiger partial charge in [0.05, 0.1) is 11.3 Å². The fraction of sp³-hybridized carbons (Fsp3) is 0.0952. The van der Waals surface area contributed by atoms with Crippen molar-refractivity contribution in [3.63, 3.8) is 0 Å². The van der Waals surface area contributed by atoms with Gasteiger partial charge in [0.15, 0.2) is 0 Å². The van der Waals surface area contributed by atoms with E-state index in [1.54, 1.807) is 55.5 Å². The molecule has 1 aliphatic heterocycles. The van der Waals surface area contributed by atoms with E-state index in [4.69, 9.17) is 11.2 Å². The number of amides is 2. The van der Waals surface area contributed by atoms with Gasteiger partial charge in [-0.3, -0.25) is 9.59 Å². The van der Waals surface area contributed by atoms with Crippen molar-refractivity contribution in [2.45, 2.75) is 6.92 Å². The van der Waals surface area contributed by atoms with Gasteiger partial charge in [-0.25, -0.2) is 0 Å². The van der Waals surface area contributed by atoms with Gasteiger partial charge in [0, 0.05) is 15.6 Å². The first kappa shape index (κ1) is 18.6. The van der Waals surface area contributed by atoms with Gasteiger partial charge in [-0.15, -0.1) is 6.42 Å². The van der Waals surface area contributed by atoms with Crippen molar-refractivity contribution in [3.8, 4) is 18.1 Å². The van der Waals surface area contributed by atoms with Crippen LogP contribution in [-0.2, 0) is 4.79 Å². The van der Waals surface area contributed by atoms with Gasteiger partial charge < -0.3 is 4.74 Å². The molecular formula is C21H15BrN2O3. The fourth-order valence-electron chi connectivity index (χ4n) is 2.56.